The van der Waals surface area contributed by atoms with Gasteiger partial charge in [-0.1, -0.05) is 0 Å². The number of likely N-dealkylation sites (tertiary alicyclic amines) is 1. The molecule has 0 aliphatic carbocycles. The Labute approximate surface area is 143 Å². The third kappa shape index (κ3) is 4.86. The van der Waals surface area contributed by atoms with Crippen molar-refractivity contribution in [3.8, 4) is 5.75 Å². The van der Waals surface area contributed by atoms with Gasteiger partial charge >= 0.3 is 12.1 Å². The fourth-order valence-electron chi connectivity index (χ4n) is 2.23. The highest BCUT2D eigenvalue weighted by Gasteiger charge is 2.31. The van der Waals surface area contributed by atoms with Gasteiger partial charge in [0.15, 0.2) is 0 Å². The summed E-state index contributed by atoms with van der Waals surface area (Å²) in [5, 5.41) is 8.95. The first kappa shape index (κ1) is 17.6. The number of hydrogen-bond donors (Lipinski definition) is 1. The van der Waals surface area contributed by atoms with Gasteiger partial charge in [-0.15, -0.1) is 0 Å². The normalized spacial score (nSPS) is 17.9. The number of nitrogens with zero attached hydrogens (tertiary/aromatic N) is 1. The third-order valence-electron chi connectivity index (χ3n) is 3.27. The Bertz CT molecular complexity index is 611. The van der Waals surface area contributed by atoms with E-state index in [0.29, 0.717) is 29.7 Å². The number of hydrogen-bond acceptors (Lipinski definition) is 4. The summed E-state index contributed by atoms with van der Waals surface area (Å²) in [4.78, 5) is 24.6. The lowest BCUT2D eigenvalue weighted by Gasteiger charge is -2.24. The monoisotopic (exact) mass is 385 g/mol. The lowest BCUT2D eigenvalue weighted by Crippen LogP contribution is -2.36. The number of rotatable bonds is 3. The molecule has 1 atom stereocenters. The minimum absolute atomic E-state index is 0.144. The summed E-state index contributed by atoms with van der Waals surface area (Å²) in [7, 11) is 0. The van der Waals surface area contributed by atoms with Crippen LogP contribution >= 0.6 is 15.9 Å². The number of benzene rings is 1. The summed E-state index contributed by atoms with van der Waals surface area (Å²) in [5.41, 5.74) is -0.336. The largest absolute Gasteiger partial charge is 0.487 e. The molecule has 0 radical (unpaired) electrons. The SMILES string of the molecule is CC(C)(C)OC(=O)N1CCC(Oc2ccc(C(=O)O)cc2Br)C1. The van der Waals surface area contributed by atoms with E-state index in [1.165, 1.54) is 12.1 Å². The van der Waals surface area contributed by atoms with Crippen LogP contribution in [0.25, 0.3) is 0 Å². The fraction of sp³-hybridized carbons (Fsp3) is 0.500. The zero-order valence-corrected chi connectivity index (χ0v) is 14.9. The summed E-state index contributed by atoms with van der Waals surface area (Å²) in [6.07, 6.45) is 0.213. The van der Waals surface area contributed by atoms with E-state index in [0.717, 1.165) is 0 Å². The van der Waals surface area contributed by atoms with Crippen LogP contribution in [0.5, 0.6) is 5.75 Å². The van der Waals surface area contributed by atoms with Gasteiger partial charge < -0.3 is 19.5 Å². The standard InChI is InChI=1S/C16H20BrNO5/c1-16(2,3)23-15(21)18-7-6-11(9-18)22-13-5-4-10(14(19)20)8-12(13)17/h4-5,8,11H,6-7,9H2,1-3H3,(H,19,20). The Morgan fingerprint density at radius 1 is 1.35 bits per heavy atom. The van der Waals surface area contributed by atoms with Crippen molar-refractivity contribution in [2.24, 2.45) is 0 Å². The lowest BCUT2D eigenvalue weighted by atomic mass is 10.2. The first-order chi connectivity index (χ1) is 10.7. The van der Waals surface area contributed by atoms with Gasteiger partial charge in [-0.3, -0.25) is 0 Å². The van der Waals surface area contributed by atoms with Crippen molar-refractivity contribution in [3.05, 3.63) is 28.2 Å². The van der Waals surface area contributed by atoms with E-state index in [2.05, 4.69) is 15.9 Å². The van der Waals surface area contributed by atoms with Crippen LogP contribution in [-0.2, 0) is 4.74 Å². The van der Waals surface area contributed by atoms with E-state index >= 15 is 0 Å². The summed E-state index contributed by atoms with van der Waals surface area (Å²) >= 11 is 3.31. The zero-order valence-electron chi connectivity index (χ0n) is 13.3. The minimum atomic E-state index is -0.991. The van der Waals surface area contributed by atoms with Gasteiger partial charge in [-0.2, -0.15) is 0 Å². The van der Waals surface area contributed by atoms with Crippen molar-refractivity contribution in [3.63, 3.8) is 0 Å². The van der Waals surface area contributed by atoms with E-state index in [4.69, 9.17) is 14.6 Å². The Kier molecular flexibility index (Phi) is 5.19. The molecule has 1 fully saturated rings. The van der Waals surface area contributed by atoms with Gasteiger partial charge in [0.2, 0.25) is 0 Å². The van der Waals surface area contributed by atoms with E-state index < -0.39 is 11.6 Å². The highest BCUT2D eigenvalue weighted by atomic mass is 79.9. The molecular formula is C16H20BrNO5. The predicted molar refractivity (Wildman–Crippen MR) is 87.9 cm³/mol. The molecular weight excluding hydrogens is 366 g/mol. The molecule has 1 aliphatic rings. The first-order valence-corrected chi connectivity index (χ1v) is 8.12. The van der Waals surface area contributed by atoms with Crippen LogP contribution < -0.4 is 4.74 Å². The molecule has 23 heavy (non-hydrogen) atoms. The number of ether oxygens (including phenoxy) is 2. The molecule has 0 aromatic heterocycles. The second kappa shape index (κ2) is 6.78. The van der Waals surface area contributed by atoms with Crippen LogP contribution in [-0.4, -0.2) is 46.9 Å². The number of aromatic carboxylic acids is 1. The van der Waals surface area contributed by atoms with Gasteiger partial charge in [-0.25, -0.2) is 9.59 Å². The van der Waals surface area contributed by atoms with Crippen LogP contribution in [0.1, 0.15) is 37.6 Å². The van der Waals surface area contributed by atoms with Crippen LogP contribution in [0.2, 0.25) is 0 Å². The molecule has 2 rings (SSSR count). The number of carboxylic acids is 1. The topological polar surface area (TPSA) is 76.1 Å². The second-order valence-corrected chi connectivity index (χ2v) is 7.26. The van der Waals surface area contributed by atoms with Crippen molar-refractivity contribution in [2.45, 2.75) is 38.9 Å². The van der Waals surface area contributed by atoms with Crippen LogP contribution in [0.15, 0.2) is 22.7 Å². The van der Waals surface area contributed by atoms with Crippen molar-refractivity contribution < 1.29 is 24.2 Å². The first-order valence-electron chi connectivity index (χ1n) is 7.33. The molecule has 1 aromatic carbocycles. The number of amides is 1. The molecule has 1 N–H and O–H groups in total. The van der Waals surface area contributed by atoms with E-state index in [1.54, 1.807) is 11.0 Å². The minimum Gasteiger partial charge on any atom is -0.487 e. The highest BCUT2D eigenvalue weighted by Crippen LogP contribution is 2.29. The fourth-order valence-corrected chi connectivity index (χ4v) is 2.70. The second-order valence-electron chi connectivity index (χ2n) is 6.41. The molecule has 1 aromatic rings. The van der Waals surface area contributed by atoms with Crippen LogP contribution in [0, 0.1) is 0 Å². The Balaban J connectivity index is 1.96. The number of carboxylic acid groups (broad SMARTS) is 1. The highest BCUT2D eigenvalue weighted by molar-refractivity contribution is 9.10. The molecule has 6 nitrogen and oxygen atoms in total. The van der Waals surface area contributed by atoms with Crippen LogP contribution in [0.4, 0.5) is 4.79 Å². The third-order valence-corrected chi connectivity index (χ3v) is 3.89. The quantitative estimate of drug-likeness (QED) is 0.860. The number of carbonyl (C=O) groups is 2. The van der Waals surface area contributed by atoms with Crippen LogP contribution in [0.3, 0.4) is 0 Å². The summed E-state index contributed by atoms with van der Waals surface area (Å²) in [5.74, 6) is -0.430. The molecule has 1 amide bonds. The number of carbonyl (C=O) groups excluding carboxylic acids is 1. The van der Waals surface area contributed by atoms with E-state index in [9.17, 15) is 9.59 Å². The molecule has 0 saturated carbocycles. The Morgan fingerprint density at radius 3 is 2.61 bits per heavy atom. The molecule has 1 heterocycles. The Hall–Kier alpha value is -1.76. The molecule has 1 unspecified atom stereocenters. The summed E-state index contributed by atoms with van der Waals surface area (Å²) < 4.78 is 11.8. The van der Waals surface area contributed by atoms with Gasteiger partial charge in [0, 0.05) is 13.0 Å². The van der Waals surface area contributed by atoms with E-state index in [1.807, 2.05) is 20.8 Å². The van der Waals surface area contributed by atoms with Crippen molar-refractivity contribution >= 4 is 28.0 Å². The average molecular weight is 386 g/mol. The van der Waals surface area contributed by atoms with Gasteiger partial charge in [0.25, 0.3) is 0 Å². The molecule has 126 valence electrons. The van der Waals surface area contributed by atoms with Crippen molar-refractivity contribution in [1.82, 2.24) is 4.90 Å². The van der Waals surface area contributed by atoms with E-state index in [-0.39, 0.29) is 17.8 Å². The molecule has 1 saturated heterocycles. The Morgan fingerprint density at radius 2 is 2.04 bits per heavy atom. The maximum absolute atomic E-state index is 12.0. The van der Waals surface area contributed by atoms with Crippen molar-refractivity contribution in [2.75, 3.05) is 13.1 Å². The molecule has 1 aliphatic heterocycles. The number of halogens is 1. The molecule has 0 spiro atoms. The molecule has 7 heteroatoms. The maximum Gasteiger partial charge on any atom is 0.410 e. The smallest absolute Gasteiger partial charge is 0.410 e. The van der Waals surface area contributed by atoms with Crippen molar-refractivity contribution in [1.29, 1.82) is 0 Å². The molecule has 0 bridgehead atoms. The predicted octanol–water partition coefficient (Wildman–Crippen LogP) is 3.54. The maximum atomic E-state index is 12.0. The lowest BCUT2D eigenvalue weighted by molar-refractivity contribution is 0.0275. The zero-order chi connectivity index (χ0) is 17.2. The van der Waals surface area contributed by atoms with Gasteiger partial charge in [-0.05, 0) is 54.9 Å². The van der Waals surface area contributed by atoms with Gasteiger partial charge in [0.05, 0.1) is 16.6 Å². The average Bonchev–Trinajstić information content (AvgIpc) is 2.87. The summed E-state index contributed by atoms with van der Waals surface area (Å²) in [6.45, 7) is 6.51. The van der Waals surface area contributed by atoms with Gasteiger partial charge in [0.1, 0.15) is 17.5 Å². The summed E-state index contributed by atoms with van der Waals surface area (Å²) in [6, 6.07) is 4.60.